The molecule has 5 nitrogen and oxygen atoms in total. The van der Waals surface area contributed by atoms with Crippen LogP contribution in [0.2, 0.25) is 0 Å². The first-order chi connectivity index (χ1) is 10.4. The van der Waals surface area contributed by atoms with Crippen LogP contribution in [0.4, 0.5) is 11.4 Å². The lowest BCUT2D eigenvalue weighted by Gasteiger charge is -2.11. The molecule has 0 atom stereocenters. The van der Waals surface area contributed by atoms with Gasteiger partial charge in [-0.15, -0.1) is 0 Å². The van der Waals surface area contributed by atoms with Crippen molar-refractivity contribution >= 4 is 39.1 Å². The molecule has 0 aliphatic rings. The number of hydrogen-bond acceptors (Lipinski definition) is 3. The van der Waals surface area contributed by atoms with Crippen molar-refractivity contribution in [2.24, 2.45) is 0 Å². The van der Waals surface area contributed by atoms with E-state index in [0.717, 1.165) is 5.56 Å². The lowest BCUT2D eigenvalue weighted by Crippen LogP contribution is -2.13. The smallest absolute Gasteiger partial charge is 0.259 e. The second-order valence-electron chi connectivity index (χ2n) is 4.83. The molecule has 2 aromatic carbocycles. The van der Waals surface area contributed by atoms with E-state index >= 15 is 0 Å². The van der Waals surface area contributed by atoms with Gasteiger partial charge in [0.05, 0.1) is 5.56 Å². The largest absolute Gasteiger partial charge is 0.507 e. The third kappa shape index (κ3) is 3.85. The van der Waals surface area contributed by atoms with Crippen molar-refractivity contribution in [1.29, 1.82) is 0 Å². The molecule has 3 N–H and O–H groups in total. The molecule has 0 radical (unpaired) electrons. The van der Waals surface area contributed by atoms with Crippen molar-refractivity contribution in [2.75, 3.05) is 10.6 Å². The van der Waals surface area contributed by atoms with Crippen LogP contribution in [0.1, 0.15) is 22.8 Å². The molecule has 0 aromatic heterocycles. The number of hydrogen-bond donors (Lipinski definition) is 3. The summed E-state index contributed by atoms with van der Waals surface area (Å²) in [7, 11) is 0. The average Bonchev–Trinajstić information content (AvgIpc) is 2.44. The van der Waals surface area contributed by atoms with Crippen LogP contribution in [0.5, 0.6) is 5.75 Å². The summed E-state index contributed by atoms with van der Waals surface area (Å²) in [6.07, 6.45) is 0. The summed E-state index contributed by atoms with van der Waals surface area (Å²) in [6, 6.07) is 9.79. The van der Waals surface area contributed by atoms with Crippen molar-refractivity contribution in [3.8, 4) is 5.75 Å². The Morgan fingerprint density at radius 1 is 1.09 bits per heavy atom. The minimum Gasteiger partial charge on any atom is -0.507 e. The molecule has 0 bridgehead atoms. The minimum absolute atomic E-state index is 0.0905. The van der Waals surface area contributed by atoms with Crippen LogP contribution >= 0.6 is 15.9 Å². The molecule has 6 heteroatoms. The van der Waals surface area contributed by atoms with Crippen molar-refractivity contribution < 1.29 is 14.7 Å². The van der Waals surface area contributed by atoms with E-state index in [-0.39, 0.29) is 17.2 Å². The van der Waals surface area contributed by atoms with Crippen LogP contribution in [0, 0.1) is 6.92 Å². The van der Waals surface area contributed by atoms with Crippen molar-refractivity contribution in [3.05, 3.63) is 52.0 Å². The van der Waals surface area contributed by atoms with Gasteiger partial charge in [0.25, 0.3) is 5.91 Å². The van der Waals surface area contributed by atoms with E-state index in [2.05, 4.69) is 26.6 Å². The highest BCUT2D eigenvalue weighted by atomic mass is 79.9. The third-order valence-corrected chi connectivity index (χ3v) is 3.49. The number of benzene rings is 2. The zero-order valence-electron chi connectivity index (χ0n) is 12.1. The van der Waals surface area contributed by atoms with E-state index in [1.165, 1.54) is 13.0 Å². The number of phenols is 1. The number of nitrogens with one attached hydrogen (secondary N) is 2. The maximum atomic E-state index is 12.2. The van der Waals surface area contributed by atoms with Crippen LogP contribution < -0.4 is 10.6 Å². The first-order valence-electron chi connectivity index (χ1n) is 6.55. The number of halogens is 1. The Balaban J connectivity index is 2.20. The number of phenolic OH excluding ortho intramolecular Hbond substituents is 1. The Hall–Kier alpha value is -2.34. The Morgan fingerprint density at radius 3 is 2.45 bits per heavy atom. The highest BCUT2D eigenvalue weighted by molar-refractivity contribution is 9.10. The van der Waals surface area contributed by atoms with E-state index in [0.29, 0.717) is 15.8 Å². The molecule has 0 spiro atoms. The van der Waals surface area contributed by atoms with Crippen molar-refractivity contribution in [2.45, 2.75) is 13.8 Å². The Kier molecular flexibility index (Phi) is 4.82. The second kappa shape index (κ2) is 6.62. The Bertz CT molecular complexity index is 744. The van der Waals surface area contributed by atoms with Crippen LogP contribution in [-0.2, 0) is 4.79 Å². The van der Waals surface area contributed by atoms with E-state index in [1.54, 1.807) is 30.3 Å². The lowest BCUT2D eigenvalue weighted by atomic mass is 10.1. The molecule has 22 heavy (non-hydrogen) atoms. The first-order valence-corrected chi connectivity index (χ1v) is 7.34. The number of aromatic hydroxyl groups is 1. The molecule has 114 valence electrons. The van der Waals surface area contributed by atoms with E-state index in [9.17, 15) is 14.7 Å². The molecule has 0 heterocycles. The Morgan fingerprint density at radius 2 is 1.82 bits per heavy atom. The number of anilines is 2. The maximum Gasteiger partial charge on any atom is 0.259 e. The monoisotopic (exact) mass is 362 g/mol. The zero-order chi connectivity index (χ0) is 16.3. The van der Waals surface area contributed by atoms with Gasteiger partial charge < -0.3 is 15.7 Å². The number of amides is 2. The fourth-order valence-electron chi connectivity index (χ4n) is 1.96. The summed E-state index contributed by atoms with van der Waals surface area (Å²) in [5.41, 5.74) is 2.27. The third-order valence-electron chi connectivity index (χ3n) is 3.00. The molecule has 2 amide bonds. The summed E-state index contributed by atoms with van der Waals surface area (Å²) < 4.78 is 0.702. The Labute approximate surface area is 136 Å². The van der Waals surface area contributed by atoms with Gasteiger partial charge in [0.1, 0.15) is 5.75 Å². The summed E-state index contributed by atoms with van der Waals surface area (Å²) in [4.78, 5) is 23.3. The predicted molar refractivity (Wildman–Crippen MR) is 89.2 cm³/mol. The van der Waals surface area contributed by atoms with E-state index in [1.807, 2.05) is 6.92 Å². The number of rotatable bonds is 3. The topological polar surface area (TPSA) is 78.4 Å². The molecule has 0 aliphatic heterocycles. The van der Waals surface area contributed by atoms with Gasteiger partial charge in [0.2, 0.25) is 5.91 Å². The molecule has 0 unspecified atom stereocenters. The molecule has 2 aromatic rings. The van der Waals surface area contributed by atoms with Gasteiger partial charge in [-0.3, -0.25) is 9.59 Å². The van der Waals surface area contributed by atoms with Gasteiger partial charge in [0.15, 0.2) is 0 Å². The van der Waals surface area contributed by atoms with Gasteiger partial charge in [-0.25, -0.2) is 0 Å². The molecule has 0 saturated heterocycles. The van der Waals surface area contributed by atoms with Crippen LogP contribution in [0.15, 0.2) is 40.9 Å². The highest BCUT2D eigenvalue weighted by Gasteiger charge is 2.12. The standard InChI is InChI=1S/C16H15BrN2O3/c1-9-7-12(4-5-14(9)18-10(2)20)19-16(22)13-8-11(17)3-6-15(13)21/h3-8,21H,1-2H3,(H,18,20)(H,19,22). The summed E-state index contributed by atoms with van der Waals surface area (Å²) in [5.74, 6) is -0.656. The SMILES string of the molecule is CC(=O)Nc1ccc(NC(=O)c2cc(Br)ccc2O)cc1C. The summed E-state index contributed by atoms with van der Waals surface area (Å²) in [6.45, 7) is 3.27. The quantitative estimate of drug-likeness (QED) is 0.779. The van der Waals surface area contributed by atoms with Crippen LogP contribution in [0.3, 0.4) is 0 Å². The van der Waals surface area contributed by atoms with Gasteiger partial charge in [0, 0.05) is 22.8 Å². The molecular weight excluding hydrogens is 348 g/mol. The predicted octanol–water partition coefficient (Wildman–Crippen LogP) is 3.67. The van der Waals surface area contributed by atoms with E-state index < -0.39 is 5.91 Å². The normalized spacial score (nSPS) is 10.1. The number of carbonyl (C=O) groups excluding carboxylic acids is 2. The number of carbonyl (C=O) groups is 2. The summed E-state index contributed by atoms with van der Waals surface area (Å²) in [5, 5.41) is 15.2. The fraction of sp³-hybridized carbons (Fsp3) is 0.125. The van der Waals surface area contributed by atoms with Crippen LogP contribution in [0.25, 0.3) is 0 Å². The fourth-order valence-corrected chi connectivity index (χ4v) is 2.32. The van der Waals surface area contributed by atoms with Gasteiger partial charge in [-0.2, -0.15) is 0 Å². The second-order valence-corrected chi connectivity index (χ2v) is 5.74. The molecule has 0 saturated carbocycles. The average molecular weight is 363 g/mol. The first kappa shape index (κ1) is 16.0. The van der Waals surface area contributed by atoms with E-state index in [4.69, 9.17) is 0 Å². The van der Waals surface area contributed by atoms with Gasteiger partial charge in [-0.05, 0) is 48.9 Å². The van der Waals surface area contributed by atoms with Gasteiger partial charge >= 0.3 is 0 Å². The number of aryl methyl sites for hydroxylation is 1. The summed E-state index contributed by atoms with van der Waals surface area (Å²) >= 11 is 3.26. The minimum atomic E-state index is -0.412. The molecular formula is C16H15BrN2O3. The van der Waals surface area contributed by atoms with Crippen molar-refractivity contribution in [3.63, 3.8) is 0 Å². The van der Waals surface area contributed by atoms with Crippen molar-refractivity contribution in [1.82, 2.24) is 0 Å². The molecule has 2 rings (SSSR count). The molecule has 0 fully saturated rings. The highest BCUT2D eigenvalue weighted by Crippen LogP contribution is 2.24. The van der Waals surface area contributed by atoms with Crippen LogP contribution in [-0.4, -0.2) is 16.9 Å². The maximum absolute atomic E-state index is 12.2. The lowest BCUT2D eigenvalue weighted by molar-refractivity contribution is -0.114. The van der Waals surface area contributed by atoms with Gasteiger partial charge in [-0.1, -0.05) is 15.9 Å². The molecule has 0 aliphatic carbocycles. The zero-order valence-corrected chi connectivity index (χ0v) is 13.7.